The highest BCUT2D eigenvalue weighted by atomic mass is 16.7. The molecule has 1 aliphatic rings. The highest BCUT2D eigenvalue weighted by molar-refractivity contribution is 5.13. The molecule has 1 rings (SSSR count). The number of ether oxygens (including phenoxy) is 2. The Balaban J connectivity index is 2.90. The van der Waals surface area contributed by atoms with Crippen LogP contribution in [0, 0.1) is 11.3 Å². The molecule has 0 heterocycles. The molecule has 0 aliphatic heterocycles. The molecule has 0 spiro atoms. The third-order valence-corrected chi connectivity index (χ3v) is 2.59. The molecule has 14 heavy (non-hydrogen) atoms. The lowest BCUT2D eigenvalue weighted by molar-refractivity contribution is -0.517. The summed E-state index contributed by atoms with van der Waals surface area (Å²) in [5.41, 5.74) is -1.74. The summed E-state index contributed by atoms with van der Waals surface area (Å²) in [4.78, 5) is 0. The highest BCUT2D eigenvalue weighted by Gasteiger charge is 2.49. The molecule has 1 saturated carbocycles. The Hall–Kier alpha value is -0.630. The number of rotatable bonds is 4. The number of hydrogen-bond donors (Lipinski definition) is 0. The van der Waals surface area contributed by atoms with Gasteiger partial charge in [-0.1, -0.05) is 0 Å². The molecule has 1 fully saturated rings. The molecule has 0 saturated heterocycles. The molecule has 0 unspecified atom stereocenters. The second kappa shape index (κ2) is 4.26. The van der Waals surface area contributed by atoms with E-state index in [-0.39, 0.29) is 0 Å². The first kappa shape index (κ1) is 11.4. The van der Waals surface area contributed by atoms with Crippen LogP contribution in [0.2, 0.25) is 0 Å². The van der Waals surface area contributed by atoms with Crippen molar-refractivity contribution in [2.24, 2.45) is 0 Å². The van der Waals surface area contributed by atoms with Gasteiger partial charge in [-0.15, -0.1) is 0 Å². The van der Waals surface area contributed by atoms with Crippen LogP contribution < -0.4 is 5.11 Å². The van der Waals surface area contributed by atoms with E-state index in [0.717, 1.165) is 0 Å². The largest absolute Gasteiger partial charge is 0.835 e. The van der Waals surface area contributed by atoms with Gasteiger partial charge in [0.05, 0.1) is 6.07 Å². The Morgan fingerprint density at radius 1 is 1.29 bits per heavy atom. The van der Waals surface area contributed by atoms with E-state index in [2.05, 4.69) is 0 Å². The molecule has 4 heteroatoms. The van der Waals surface area contributed by atoms with Gasteiger partial charge >= 0.3 is 0 Å². The zero-order chi connectivity index (χ0) is 10.7. The van der Waals surface area contributed by atoms with Crippen LogP contribution >= 0.6 is 0 Å². The minimum Gasteiger partial charge on any atom is -0.835 e. The quantitative estimate of drug-likeness (QED) is 0.619. The van der Waals surface area contributed by atoms with E-state index in [4.69, 9.17) is 14.7 Å². The molecule has 0 aromatic heterocycles. The summed E-state index contributed by atoms with van der Waals surface area (Å²) < 4.78 is 10.8. The molecule has 0 bridgehead atoms. The molecule has 1 atom stereocenters. The Bertz CT molecular complexity index is 230. The van der Waals surface area contributed by atoms with Crippen LogP contribution in [-0.2, 0) is 9.47 Å². The van der Waals surface area contributed by atoms with Crippen molar-refractivity contribution in [3.63, 3.8) is 0 Å². The first-order chi connectivity index (χ1) is 6.64. The third kappa shape index (κ3) is 1.63. The van der Waals surface area contributed by atoms with Crippen molar-refractivity contribution in [3.8, 4) is 6.07 Å². The van der Waals surface area contributed by atoms with Gasteiger partial charge in [0.25, 0.3) is 0 Å². The maximum absolute atomic E-state index is 12.1. The van der Waals surface area contributed by atoms with Crippen molar-refractivity contribution in [2.45, 2.75) is 44.5 Å². The van der Waals surface area contributed by atoms with E-state index in [9.17, 15) is 5.11 Å². The molecular formula is C10H16NO3-. The van der Waals surface area contributed by atoms with Crippen molar-refractivity contribution in [1.82, 2.24) is 0 Å². The van der Waals surface area contributed by atoms with Crippen molar-refractivity contribution in [1.29, 1.82) is 5.26 Å². The monoisotopic (exact) mass is 198 g/mol. The highest BCUT2D eigenvalue weighted by Crippen LogP contribution is 2.40. The van der Waals surface area contributed by atoms with Crippen LogP contribution in [0.5, 0.6) is 0 Å². The average Bonchev–Trinajstić information content (AvgIpc) is 2.47. The fourth-order valence-electron chi connectivity index (χ4n) is 1.99. The van der Waals surface area contributed by atoms with Gasteiger partial charge in [-0.25, -0.2) is 0 Å². The first-order valence-electron chi connectivity index (χ1n) is 5.03. The lowest BCUT2D eigenvalue weighted by Gasteiger charge is -2.45. The van der Waals surface area contributed by atoms with Crippen LogP contribution in [0.4, 0.5) is 0 Å². The van der Waals surface area contributed by atoms with E-state index >= 15 is 0 Å². The van der Waals surface area contributed by atoms with Gasteiger partial charge in [0, 0.05) is 25.2 Å². The zero-order valence-electron chi connectivity index (χ0n) is 8.71. The summed E-state index contributed by atoms with van der Waals surface area (Å²) in [5, 5.41) is 21.0. The first-order valence-corrected chi connectivity index (χ1v) is 5.03. The van der Waals surface area contributed by atoms with Crippen molar-refractivity contribution >= 4 is 0 Å². The van der Waals surface area contributed by atoms with Gasteiger partial charge in [-0.3, -0.25) is 0 Å². The topological polar surface area (TPSA) is 65.3 Å². The minimum atomic E-state index is -1.74. The van der Waals surface area contributed by atoms with E-state index in [1.54, 1.807) is 19.9 Å². The maximum Gasteiger partial charge on any atom is 0.171 e. The fraction of sp³-hybridized carbons (Fsp3) is 0.900. The summed E-state index contributed by atoms with van der Waals surface area (Å²) in [7, 11) is 0. The predicted molar refractivity (Wildman–Crippen MR) is 48.2 cm³/mol. The van der Waals surface area contributed by atoms with Crippen LogP contribution in [-0.4, -0.2) is 24.6 Å². The number of nitrogens with zero attached hydrogens (tertiary/aromatic N) is 1. The van der Waals surface area contributed by atoms with E-state index in [1.807, 2.05) is 0 Å². The second-order valence-corrected chi connectivity index (χ2v) is 3.41. The van der Waals surface area contributed by atoms with Gasteiger partial charge in [-0.05, 0) is 26.7 Å². The van der Waals surface area contributed by atoms with Gasteiger partial charge < -0.3 is 14.6 Å². The lowest BCUT2D eigenvalue weighted by atomic mass is 9.98. The summed E-state index contributed by atoms with van der Waals surface area (Å²) in [5.74, 6) is -1.22. The summed E-state index contributed by atoms with van der Waals surface area (Å²) in [6.07, 6.45) is 1.52. The minimum absolute atomic E-state index is 0.309. The Morgan fingerprint density at radius 2 is 1.86 bits per heavy atom. The summed E-state index contributed by atoms with van der Waals surface area (Å²) >= 11 is 0. The Labute approximate surface area is 84.4 Å². The SMILES string of the molecule is CCOC1(OCC)CCC[C@]1([O-])C#N. The van der Waals surface area contributed by atoms with Gasteiger partial charge in [0.15, 0.2) is 5.79 Å². The van der Waals surface area contributed by atoms with Crippen LogP contribution in [0.15, 0.2) is 0 Å². The van der Waals surface area contributed by atoms with Crippen molar-refractivity contribution in [2.75, 3.05) is 13.2 Å². The number of nitriles is 1. The van der Waals surface area contributed by atoms with E-state index in [1.165, 1.54) is 0 Å². The molecule has 0 aromatic rings. The van der Waals surface area contributed by atoms with E-state index < -0.39 is 11.4 Å². The lowest BCUT2D eigenvalue weighted by Crippen LogP contribution is -2.61. The Morgan fingerprint density at radius 3 is 2.29 bits per heavy atom. The smallest absolute Gasteiger partial charge is 0.171 e. The summed E-state index contributed by atoms with van der Waals surface area (Å²) in [6.45, 7) is 4.39. The van der Waals surface area contributed by atoms with Gasteiger partial charge in [-0.2, -0.15) is 5.26 Å². The molecule has 4 nitrogen and oxygen atoms in total. The van der Waals surface area contributed by atoms with Crippen LogP contribution in [0.1, 0.15) is 33.1 Å². The average molecular weight is 198 g/mol. The van der Waals surface area contributed by atoms with Crippen molar-refractivity contribution in [3.05, 3.63) is 0 Å². The summed E-state index contributed by atoms with van der Waals surface area (Å²) in [6, 6.07) is 1.80. The second-order valence-electron chi connectivity index (χ2n) is 3.41. The Kier molecular flexibility index (Phi) is 3.48. The molecule has 0 radical (unpaired) electrons. The third-order valence-electron chi connectivity index (χ3n) is 2.59. The van der Waals surface area contributed by atoms with Crippen LogP contribution in [0.25, 0.3) is 0 Å². The number of hydrogen-bond acceptors (Lipinski definition) is 4. The molecule has 0 aromatic carbocycles. The molecular weight excluding hydrogens is 182 g/mol. The normalized spacial score (nSPS) is 30.1. The molecule has 80 valence electrons. The standard InChI is InChI=1S/C10H16NO3/c1-3-13-10(14-4-2)7-5-6-9(10,12)8-11/h3-7H2,1-2H3/q-1/t9-/m0/s1. The van der Waals surface area contributed by atoms with Crippen LogP contribution in [0.3, 0.4) is 0 Å². The molecule has 1 aliphatic carbocycles. The maximum atomic E-state index is 12.1. The van der Waals surface area contributed by atoms with E-state index in [0.29, 0.717) is 32.5 Å². The predicted octanol–water partition coefficient (Wildman–Crippen LogP) is 0.562. The fourth-order valence-corrected chi connectivity index (χ4v) is 1.99. The van der Waals surface area contributed by atoms with Gasteiger partial charge in [0.1, 0.15) is 0 Å². The zero-order valence-corrected chi connectivity index (χ0v) is 8.71. The van der Waals surface area contributed by atoms with Gasteiger partial charge in [0.2, 0.25) is 0 Å². The van der Waals surface area contributed by atoms with Crippen molar-refractivity contribution < 1.29 is 14.6 Å². The molecule has 0 amide bonds. The molecule has 0 N–H and O–H groups in total.